The van der Waals surface area contributed by atoms with E-state index in [2.05, 4.69) is 6.58 Å². The van der Waals surface area contributed by atoms with E-state index >= 15 is 0 Å². The quantitative estimate of drug-likeness (QED) is 0.186. The lowest BCUT2D eigenvalue weighted by molar-refractivity contribution is -0.131. The van der Waals surface area contributed by atoms with Crippen LogP contribution in [0.3, 0.4) is 0 Å². The number of benzene rings is 2. The third kappa shape index (κ3) is 5.43. The third-order valence-corrected chi connectivity index (χ3v) is 7.12. The minimum atomic E-state index is -0.419. The average molecular weight is 476 g/mol. The molecule has 1 unspecified atom stereocenters. The van der Waals surface area contributed by atoms with Crippen LogP contribution in [0.4, 0.5) is 0 Å². The second-order valence-corrected chi connectivity index (χ2v) is 9.87. The number of thioether (sulfide) groups is 1. The van der Waals surface area contributed by atoms with Gasteiger partial charge in [0, 0.05) is 19.6 Å². The standard InChI is InChI=1S/C26H25N3O2S2/c1-3-15-29-25(31)22-14-16-32-23(22)27-26(29)33-19(2)24(30)28(17-20-10-6-4-7-11-20)18-21-12-8-5-9-13-21/h3-14,16,19H,1,15,17-18H2,2H3. The van der Waals surface area contributed by atoms with Gasteiger partial charge in [-0.2, -0.15) is 0 Å². The first-order valence-electron chi connectivity index (χ1n) is 10.7. The second-order valence-electron chi connectivity index (χ2n) is 7.66. The highest BCUT2D eigenvalue weighted by Crippen LogP contribution is 2.26. The van der Waals surface area contributed by atoms with Crippen LogP contribution in [-0.4, -0.2) is 25.6 Å². The molecule has 0 aliphatic carbocycles. The molecular formula is C26H25N3O2S2. The van der Waals surface area contributed by atoms with Crippen molar-refractivity contribution in [3.8, 4) is 0 Å². The van der Waals surface area contributed by atoms with E-state index in [4.69, 9.17) is 4.98 Å². The van der Waals surface area contributed by atoms with Gasteiger partial charge in [0.25, 0.3) is 5.56 Å². The van der Waals surface area contributed by atoms with Gasteiger partial charge in [-0.05, 0) is 29.5 Å². The van der Waals surface area contributed by atoms with Gasteiger partial charge in [-0.1, -0.05) is 78.5 Å². The van der Waals surface area contributed by atoms with Crippen LogP contribution < -0.4 is 5.56 Å². The maximum absolute atomic E-state index is 13.6. The minimum Gasteiger partial charge on any atom is -0.333 e. The zero-order chi connectivity index (χ0) is 23.2. The number of hydrogen-bond acceptors (Lipinski definition) is 5. The Labute approximate surface area is 201 Å². The van der Waals surface area contributed by atoms with Crippen molar-refractivity contribution in [2.75, 3.05) is 0 Å². The van der Waals surface area contributed by atoms with Gasteiger partial charge in [0.15, 0.2) is 5.16 Å². The molecule has 0 aliphatic rings. The molecule has 168 valence electrons. The number of hydrogen-bond donors (Lipinski definition) is 0. The average Bonchev–Trinajstić information content (AvgIpc) is 3.31. The molecule has 0 fully saturated rings. The maximum atomic E-state index is 13.6. The van der Waals surface area contributed by atoms with Crippen LogP contribution in [0.25, 0.3) is 10.2 Å². The lowest BCUT2D eigenvalue weighted by atomic mass is 10.1. The van der Waals surface area contributed by atoms with Gasteiger partial charge in [-0.3, -0.25) is 14.2 Å². The number of carbonyl (C=O) groups is 1. The van der Waals surface area contributed by atoms with Gasteiger partial charge < -0.3 is 4.90 Å². The van der Waals surface area contributed by atoms with Crippen LogP contribution >= 0.6 is 23.1 Å². The van der Waals surface area contributed by atoms with Gasteiger partial charge in [0.2, 0.25) is 5.91 Å². The van der Waals surface area contributed by atoms with Crippen molar-refractivity contribution in [1.29, 1.82) is 0 Å². The molecule has 0 saturated heterocycles. The number of thiophene rings is 1. The molecule has 0 aliphatic heterocycles. The molecule has 1 atom stereocenters. The summed E-state index contributed by atoms with van der Waals surface area (Å²) in [6.07, 6.45) is 1.68. The summed E-state index contributed by atoms with van der Waals surface area (Å²) in [7, 11) is 0. The number of carbonyl (C=O) groups excluding carboxylic acids is 1. The third-order valence-electron chi connectivity index (χ3n) is 5.23. The Hall–Kier alpha value is -3.16. The zero-order valence-electron chi connectivity index (χ0n) is 18.4. The van der Waals surface area contributed by atoms with Gasteiger partial charge in [0.05, 0.1) is 10.6 Å². The summed E-state index contributed by atoms with van der Waals surface area (Å²) in [5.74, 6) is -0.00150. The van der Waals surface area contributed by atoms with Crippen LogP contribution in [0.1, 0.15) is 18.1 Å². The topological polar surface area (TPSA) is 55.2 Å². The Kier molecular flexibility index (Phi) is 7.42. The summed E-state index contributed by atoms with van der Waals surface area (Å²) in [6.45, 7) is 7.01. The van der Waals surface area contributed by atoms with Crippen molar-refractivity contribution < 1.29 is 4.79 Å². The number of nitrogens with zero attached hydrogens (tertiary/aromatic N) is 3. The fourth-order valence-corrected chi connectivity index (χ4v) is 5.40. The summed E-state index contributed by atoms with van der Waals surface area (Å²) < 4.78 is 1.59. The Morgan fingerprint density at radius 1 is 1.09 bits per heavy atom. The van der Waals surface area contributed by atoms with Crippen LogP contribution in [0.2, 0.25) is 0 Å². The maximum Gasteiger partial charge on any atom is 0.263 e. The monoisotopic (exact) mass is 475 g/mol. The van der Waals surface area contributed by atoms with E-state index in [1.165, 1.54) is 23.1 Å². The van der Waals surface area contributed by atoms with E-state index in [0.29, 0.717) is 35.0 Å². The Morgan fingerprint density at radius 3 is 2.27 bits per heavy atom. The first kappa shape index (κ1) is 23.0. The molecule has 1 amide bonds. The molecule has 2 aromatic heterocycles. The molecule has 2 aromatic carbocycles. The lowest BCUT2D eigenvalue weighted by Gasteiger charge is -2.26. The van der Waals surface area contributed by atoms with Crippen molar-refractivity contribution in [3.63, 3.8) is 0 Å². The summed E-state index contributed by atoms with van der Waals surface area (Å²) >= 11 is 2.75. The number of amides is 1. The van der Waals surface area contributed by atoms with Gasteiger partial charge >= 0.3 is 0 Å². The van der Waals surface area contributed by atoms with Crippen LogP contribution in [0, 0.1) is 0 Å². The molecule has 4 rings (SSSR count). The zero-order valence-corrected chi connectivity index (χ0v) is 20.0. The number of fused-ring (bicyclic) bond motifs is 1. The van der Waals surface area contributed by atoms with Crippen molar-refractivity contribution in [3.05, 3.63) is 106 Å². The van der Waals surface area contributed by atoms with Crippen LogP contribution in [-0.2, 0) is 24.4 Å². The van der Waals surface area contributed by atoms with Crippen molar-refractivity contribution >= 4 is 39.2 Å². The van der Waals surface area contributed by atoms with E-state index < -0.39 is 5.25 Å². The van der Waals surface area contributed by atoms with Crippen molar-refractivity contribution in [2.45, 2.75) is 37.0 Å². The molecule has 4 aromatic rings. The van der Waals surface area contributed by atoms with Gasteiger partial charge in [0.1, 0.15) is 4.83 Å². The summed E-state index contributed by atoms with van der Waals surface area (Å²) in [4.78, 5) is 33.8. The molecule has 0 N–H and O–H groups in total. The molecule has 7 heteroatoms. The Morgan fingerprint density at radius 2 is 1.70 bits per heavy atom. The number of allylic oxidation sites excluding steroid dienone is 1. The SMILES string of the molecule is C=CCn1c(SC(C)C(=O)N(Cc2ccccc2)Cc2ccccc2)nc2sccc2c1=O. The van der Waals surface area contributed by atoms with Crippen LogP contribution in [0.15, 0.2) is 94.7 Å². The predicted octanol–water partition coefficient (Wildman–Crippen LogP) is 5.35. The fourth-order valence-electron chi connectivity index (χ4n) is 3.60. The first-order chi connectivity index (χ1) is 16.1. The van der Waals surface area contributed by atoms with E-state index in [1.54, 1.807) is 16.7 Å². The highest BCUT2D eigenvalue weighted by atomic mass is 32.2. The molecule has 0 saturated carbocycles. The van der Waals surface area contributed by atoms with Crippen molar-refractivity contribution in [1.82, 2.24) is 14.5 Å². The predicted molar refractivity (Wildman–Crippen MR) is 137 cm³/mol. The molecule has 0 spiro atoms. The molecule has 2 heterocycles. The Balaban J connectivity index is 1.61. The molecule has 5 nitrogen and oxygen atoms in total. The van der Waals surface area contributed by atoms with Gasteiger partial charge in [-0.15, -0.1) is 17.9 Å². The lowest BCUT2D eigenvalue weighted by Crippen LogP contribution is -2.36. The first-order valence-corrected chi connectivity index (χ1v) is 12.4. The van der Waals surface area contributed by atoms with Crippen LogP contribution in [0.5, 0.6) is 0 Å². The smallest absolute Gasteiger partial charge is 0.263 e. The second kappa shape index (κ2) is 10.6. The van der Waals surface area contributed by atoms with E-state index in [-0.39, 0.29) is 11.5 Å². The highest BCUT2D eigenvalue weighted by molar-refractivity contribution is 8.00. The van der Waals surface area contributed by atoms with Crippen molar-refractivity contribution in [2.24, 2.45) is 0 Å². The molecular weight excluding hydrogens is 450 g/mol. The molecule has 33 heavy (non-hydrogen) atoms. The minimum absolute atomic E-state index is 0.00150. The largest absolute Gasteiger partial charge is 0.333 e. The van der Waals surface area contributed by atoms with Gasteiger partial charge in [-0.25, -0.2) is 4.98 Å². The highest BCUT2D eigenvalue weighted by Gasteiger charge is 2.24. The summed E-state index contributed by atoms with van der Waals surface area (Å²) in [5.41, 5.74) is 2.04. The van der Waals surface area contributed by atoms with E-state index in [9.17, 15) is 9.59 Å². The Bertz CT molecular complexity index is 1260. The molecule has 0 bridgehead atoms. The van der Waals surface area contributed by atoms with E-state index in [1.807, 2.05) is 77.9 Å². The number of aromatic nitrogens is 2. The molecule has 0 radical (unpaired) electrons. The summed E-state index contributed by atoms with van der Waals surface area (Å²) in [6, 6.07) is 21.7. The normalized spacial score (nSPS) is 11.9. The fraction of sp³-hybridized carbons (Fsp3) is 0.192. The van der Waals surface area contributed by atoms with E-state index in [0.717, 1.165) is 11.1 Å². The summed E-state index contributed by atoms with van der Waals surface area (Å²) in [5, 5.41) is 2.58. The number of rotatable bonds is 9.